The van der Waals surface area contributed by atoms with Crippen molar-refractivity contribution in [2.24, 2.45) is 0 Å². The summed E-state index contributed by atoms with van der Waals surface area (Å²) in [4.78, 5) is 24.5. The summed E-state index contributed by atoms with van der Waals surface area (Å²) < 4.78 is 5.89. The molecule has 0 fully saturated rings. The van der Waals surface area contributed by atoms with Crippen LogP contribution in [-0.4, -0.2) is 26.7 Å². The Morgan fingerprint density at radius 3 is 2.68 bits per heavy atom. The first-order valence-corrected chi connectivity index (χ1v) is 10.2. The highest BCUT2D eigenvalue weighted by Gasteiger charge is 2.09. The summed E-state index contributed by atoms with van der Waals surface area (Å²) in [6.45, 7) is 2.39. The minimum atomic E-state index is -0.274. The highest BCUT2D eigenvalue weighted by molar-refractivity contribution is 6.29. The van der Waals surface area contributed by atoms with Gasteiger partial charge in [-0.2, -0.15) is 0 Å². The summed E-state index contributed by atoms with van der Waals surface area (Å²) in [5, 5.41) is 6.85. The molecule has 0 spiro atoms. The molecule has 0 atom stereocenters. The largest absolute Gasteiger partial charge is 0.487 e. The zero-order valence-corrected chi connectivity index (χ0v) is 17.6. The first kappa shape index (κ1) is 20.6. The summed E-state index contributed by atoms with van der Waals surface area (Å²) in [6.07, 6.45) is 3.25. The van der Waals surface area contributed by atoms with Crippen molar-refractivity contribution >= 4 is 45.6 Å². The molecule has 0 saturated heterocycles. The number of pyridine rings is 1. The normalized spacial score (nSPS) is 10.6. The summed E-state index contributed by atoms with van der Waals surface area (Å²) >= 11 is 5.58. The van der Waals surface area contributed by atoms with Gasteiger partial charge in [-0.05, 0) is 61.0 Å². The van der Waals surface area contributed by atoms with Crippen LogP contribution in [-0.2, 0) is 11.4 Å². The molecule has 4 rings (SSSR count). The fourth-order valence-electron chi connectivity index (χ4n) is 3.09. The van der Waals surface area contributed by atoms with E-state index in [4.69, 9.17) is 16.3 Å². The number of nitrogens with one attached hydrogen (secondary N) is 2. The number of aromatic nitrogens is 3. The number of ether oxygens (including phenoxy) is 1. The molecule has 2 aromatic heterocycles. The van der Waals surface area contributed by atoms with Crippen molar-refractivity contribution in [2.45, 2.75) is 13.5 Å². The minimum Gasteiger partial charge on any atom is -0.487 e. The molecule has 0 radical (unpaired) electrons. The summed E-state index contributed by atoms with van der Waals surface area (Å²) in [6, 6.07) is 17.0. The Morgan fingerprint density at radius 1 is 1.03 bits per heavy atom. The molecule has 2 aromatic carbocycles. The number of aryl methyl sites for hydroxylation is 1. The average Bonchev–Trinajstić information content (AvgIpc) is 2.79. The van der Waals surface area contributed by atoms with Crippen LogP contribution in [0.25, 0.3) is 10.9 Å². The fraction of sp³-hybridized carbons (Fsp3) is 0.130. The van der Waals surface area contributed by atoms with E-state index in [-0.39, 0.29) is 11.8 Å². The number of hydrogen-bond donors (Lipinski definition) is 2. The van der Waals surface area contributed by atoms with E-state index in [2.05, 4.69) is 25.6 Å². The number of alkyl halides is 1. The van der Waals surface area contributed by atoms with Crippen LogP contribution >= 0.6 is 11.6 Å². The van der Waals surface area contributed by atoms with Crippen molar-refractivity contribution in [2.75, 3.05) is 16.5 Å². The quantitative estimate of drug-likeness (QED) is 0.406. The van der Waals surface area contributed by atoms with Gasteiger partial charge in [0.15, 0.2) is 0 Å². The van der Waals surface area contributed by atoms with Crippen LogP contribution in [0.1, 0.15) is 11.3 Å². The molecule has 0 saturated carbocycles. The molecule has 0 unspecified atom stereocenters. The van der Waals surface area contributed by atoms with Crippen LogP contribution in [0.5, 0.6) is 5.75 Å². The first-order chi connectivity index (χ1) is 15.1. The fourth-order valence-corrected chi connectivity index (χ4v) is 3.16. The van der Waals surface area contributed by atoms with E-state index < -0.39 is 0 Å². The second kappa shape index (κ2) is 9.40. The predicted octanol–water partition coefficient (Wildman–Crippen LogP) is 4.83. The van der Waals surface area contributed by atoms with Crippen molar-refractivity contribution in [3.63, 3.8) is 0 Å². The van der Waals surface area contributed by atoms with Gasteiger partial charge >= 0.3 is 0 Å². The van der Waals surface area contributed by atoms with E-state index in [1.165, 1.54) is 6.33 Å². The summed E-state index contributed by atoms with van der Waals surface area (Å²) in [5.41, 5.74) is 4.10. The monoisotopic (exact) mass is 433 g/mol. The maximum absolute atomic E-state index is 11.6. The second-order valence-electron chi connectivity index (χ2n) is 6.85. The topological polar surface area (TPSA) is 89.0 Å². The lowest BCUT2D eigenvalue weighted by atomic mass is 10.1. The Morgan fingerprint density at radius 2 is 1.90 bits per heavy atom. The van der Waals surface area contributed by atoms with Gasteiger partial charge in [0.2, 0.25) is 5.91 Å². The second-order valence-corrected chi connectivity index (χ2v) is 7.12. The lowest BCUT2D eigenvalue weighted by Crippen LogP contribution is -2.12. The lowest BCUT2D eigenvalue weighted by Gasteiger charge is -2.13. The zero-order chi connectivity index (χ0) is 21.6. The molecule has 0 aliphatic carbocycles. The molecule has 2 N–H and O–H groups in total. The van der Waals surface area contributed by atoms with Crippen LogP contribution < -0.4 is 15.4 Å². The Hall–Kier alpha value is -3.71. The van der Waals surface area contributed by atoms with Gasteiger partial charge in [0, 0.05) is 23.0 Å². The molecule has 1 amide bonds. The van der Waals surface area contributed by atoms with Crippen molar-refractivity contribution in [1.29, 1.82) is 0 Å². The molecular formula is C23H20ClN5O2. The standard InChI is InChI=1S/C23H20ClN5O2/c1-15-10-16(6-8-21(15)31-13-18-4-2-3-9-25-18)29-23-19-11-17(28-22(30)12-24)5-7-20(19)26-14-27-23/h2-11,14H,12-13H2,1H3,(H,28,30)(H,26,27,29). The maximum Gasteiger partial charge on any atom is 0.239 e. The van der Waals surface area contributed by atoms with Gasteiger partial charge in [0.25, 0.3) is 0 Å². The average molecular weight is 434 g/mol. The Labute approximate surface area is 184 Å². The highest BCUT2D eigenvalue weighted by Crippen LogP contribution is 2.28. The molecule has 4 aromatic rings. The number of hydrogen-bond acceptors (Lipinski definition) is 6. The number of amides is 1. The summed E-state index contributed by atoms with van der Waals surface area (Å²) in [5.74, 6) is 1.04. The molecular weight excluding hydrogens is 414 g/mol. The van der Waals surface area contributed by atoms with Crippen LogP contribution in [0, 0.1) is 6.92 Å². The van der Waals surface area contributed by atoms with Crippen LogP contribution in [0.4, 0.5) is 17.2 Å². The number of anilines is 3. The molecule has 7 nitrogen and oxygen atoms in total. The minimum absolute atomic E-state index is 0.109. The number of rotatable bonds is 7. The van der Waals surface area contributed by atoms with Crippen LogP contribution in [0.3, 0.4) is 0 Å². The van der Waals surface area contributed by atoms with Gasteiger partial charge in [0.1, 0.15) is 30.4 Å². The van der Waals surface area contributed by atoms with Gasteiger partial charge in [-0.3, -0.25) is 9.78 Å². The van der Waals surface area contributed by atoms with Gasteiger partial charge in [0.05, 0.1) is 11.2 Å². The Bertz CT molecular complexity index is 1220. The van der Waals surface area contributed by atoms with E-state index in [1.54, 1.807) is 12.3 Å². The molecule has 31 heavy (non-hydrogen) atoms. The number of benzene rings is 2. The number of carbonyl (C=O) groups is 1. The number of carbonyl (C=O) groups excluding carboxylic acids is 1. The molecule has 2 heterocycles. The van der Waals surface area contributed by atoms with Crippen molar-refractivity contribution in [1.82, 2.24) is 15.0 Å². The van der Waals surface area contributed by atoms with Crippen molar-refractivity contribution < 1.29 is 9.53 Å². The Kier molecular flexibility index (Phi) is 6.24. The number of halogens is 1. The third-order valence-electron chi connectivity index (χ3n) is 4.58. The molecule has 8 heteroatoms. The van der Waals surface area contributed by atoms with Crippen molar-refractivity contribution in [3.8, 4) is 5.75 Å². The molecule has 0 aliphatic heterocycles. The van der Waals surface area contributed by atoms with Crippen LogP contribution in [0.15, 0.2) is 67.1 Å². The Balaban J connectivity index is 1.53. The maximum atomic E-state index is 11.6. The van der Waals surface area contributed by atoms with Crippen LogP contribution in [0.2, 0.25) is 0 Å². The third kappa shape index (κ3) is 5.07. The predicted molar refractivity (Wildman–Crippen MR) is 122 cm³/mol. The summed E-state index contributed by atoms with van der Waals surface area (Å²) in [7, 11) is 0. The van der Waals surface area contributed by atoms with Gasteiger partial charge in [-0.15, -0.1) is 11.6 Å². The van der Waals surface area contributed by atoms with Gasteiger partial charge in [-0.1, -0.05) is 6.07 Å². The number of fused-ring (bicyclic) bond motifs is 1. The smallest absolute Gasteiger partial charge is 0.239 e. The SMILES string of the molecule is Cc1cc(Nc2ncnc3ccc(NC(=O)CCl)cc23)ccc1OCc1ccccn1. The van der Waals surface area contributed by atoms with E-state index >= 15 is 0 Å². The van der Waals surface area contributed by atoms with E-state index in [1.807, 2.05) is 55.5 Å². The van der Waals surface area contributed by atoms with Gasteiger partial charge < -0.3 is 15.4 Å². The highest BCUT2D eigenvalue weighted by atomic mass is 35.5. The first-order valence-electron chi connectivity index (χ1n) is 9.63. The van der Waals surface area contributed by atoms with E-state index in [0.717, 1.165) is 33.6 Å². The third-order valence-corrected chi connectivity index (χ3v) is 4.82. The van der Waals surface area contributed by atoms with Gasteiger partial charge in [-0.25, -0.2) is 9.97 Å². The lowest BCUT2D eigenvalue weighted by molar-refractivity contribution is -0.113. The molecule has 0 bridgehead atoms. The molecule has 0 aliphatic rings. The van der Waals surface area contributed by atoms with Crippen molar-refractivity contribution in [3.05, 3.63) is 78.4 Å². The van der Waals surface area contributed by atoms with E-state index in [9.17, 15) is 4.79 Å². The number of nitrogens with zero attached hydrogens (tertiary/aromatic N) is 3. The molecule has 156 valence electrons. The van der Waals surface area contributed by atoms with E-state index in [0.29, 0.717) is 18.1 Å². The zero-order valence-electron chi connectivity index (χ0n) is 16.8.